The van der Waals surface area contributed by atoms with Crippen molar-refractivity contribution in [1.29, 1.82) is 0 Å². The predicted octanol–water partition coefficient (Wildman–Crippen LogP) is 4.52. The third-order valence-electron chi connectivity index (χ3n) is 3.04. The first kappa shape index (κ1) is 10.8. The van der Waals surface area contributed by atoms with E-state index in [1.54, 1.807) is 0 Å². The predicted molar refractivity (Wildman–Crippen MR) is 59.5 cm³/mol. The zero-order valence-electron chi connectivity index (χ0n) is 8.80. The molecule has 13 heavy (non-hydrogen) atoms. The van der Waals surface area contributed by atoms with Crippen molar-refractivity contribution in [2.75, 3.05) is 0 Å². The van der Waals surface area contributed by atoms with E-state index in [2.05, 4.69) is 19.1 Å². The Morgan fingerprint density at radius 1 is 0.923 bits per heavy atom. The van der Waals surface area contributed by atoms with E-state index in [-0.39, 0.29) is 0 Å². The third-order valence-corrected chi connectivity index (χ3v) is 3.04. The van der Waals surface area contributed by atoms with Crippen molar-refractivity contribution in [3.63, 3.8) is 0 Å². The normalized spacial score (nSPS) is 22.5. The van der Waals surface area contributed by atoms with Gasteiger partial charge in [-0.1, -0.05) is 51.2 Å². The van der Waals surface area contributed by atoms with Crippen LogP contribution in [0.1, 0.15) is 57.8 Å². The summed E-state index contributed by atoms with van der Waals surface area (Å²) in [7, 11) is 0. The van der Waals surface area contributed by atoms with Gasteiger partial charge in [0.25, 0.3) is 0 Å². The molecule has 0 N–H and O–H groups in total. The summed E-state index contributed by atoms with van der Waals surface area (Å²) in [6.07, 6.45) is 16.9. The Bertz CT molecular complexity index is 121. The molecule has 1 aliphatic carbocycles. The minimum absolute atomic E-state index is 0.915. The molecule has 0 aromatic rings. The van der Waals surface area contributed by atoms with Crippen LogP contribution in [0, 0.1) is 12.8 Å². The SMILES string of the molecule is [CH2]CC1CCCCC=CCCCC1. The fraction of sp³-hybridized carbons (Fsp3) is 0.769. The zero-order chi connectivity index (χ0) is 9.36. The highest BCUT2D eigenvalue weighted by atomic mass is 14.1. The lowest BCUT2D eigenvalue weighted by molar-refractivity contribution is 0.418. The zero-order valence-corrected chi connectivity index (χ0v) is 8.80. The average molecular weight is 179 g/mol. The molecule has 0 bridgehead atoms. The van der Waals surface area contributed by atoms with E-state index < -0.39 is 0 Å². The lowest BCUT2D eigenvalue weighted by atomic mass is 9.93. The van der Waals surface area contributed by atoms with Gasteiger partial charge in [0.05, 0.1) is 0 Å². The fourth-order valence-electron chi connectivity index (χ4n) is 2.06. The minimum atomic E-state index is 0.915. The van der Waals surface area contributed by atoms with E-state index in [9.17, 15) is 0 Å². The third kappa shape index (κ3) is 5.13. The largest absolute Gasteiger partial charge is 0.0885 e. The molecule has 75 valence electrons. The molecule has 0 heteroatoms. The first-order valence-corrected chi connectivity index (χ1v) is 5.87. The highest BCUT2D eigenvalue weighted by Crippen LogP contribution is 2.21. The molecule has 0 saturated heterocycles. The highest BCUT2D eigenvalue weighted by Gasteiger charge is 2.05. The van der Waals surface area contributed by atoms with Crippen molar-refractivity contribution in [3.8, 4) is 0 Å². The summed E-state index contributed by atoms with van der Waals surface area (Å²) in [6.45, 7) is 4.04. The molecule has 0 saturated carbocycles. The topological polar surface area (TPSA) is 0 Å². The summed E-state index contributed by atoms with van der Waals surface area (Å²) in [5, 5.41) is 0. The molecule has 0 unspecified atom stereocenters. The monoisotopic (exact) mass is 179 g/mol. The standard InChI is InChI=1S/C13H23/c1-2-13-11-9-7-5-3-4-6-8-10-12-13/h3-4,13H,1-2,5-12H2. The smallest absolute Gasteiger partial charge is 0.0351 e. The molecule has 1 rings (SSSR count). The summed E-state index contributed by atoms with van der Waals surface area (Å²) >= 11 is 0. The van der Waals surface area contributed by atoms with Crippen LogP contribution >= 0.6 is 0 Å². The first-order valence-electron chi connectivity index (χ1n) is 5.87. The van der Waals surface area contributed by atoms with Gasteiger partial charge in [-0.15, -0.1) is 0 Å². The number of hydrogen-bond donors (Lipinski definition) is 0. The van der Waals surface area contributed by atoms with Crippen molar-refractivity contribution >= 4 is 0 Å². The van der Waals surface area contributed by atoms with Crippen molar-refractivity contribution in [3.05, 3.63) is 19.1 Å². The van der Waals surface area contributed by atoms with Gasteiger partial charge < -0.3 is 0 Å². The van der Waals surface area contributed by atoms with Gasteiger partial charge in [-0.25, -0.2) is 0 Å². The first-order chi connectivity index (χ1) is 6.43. The summed E-state index contributed by atoms with van der Waals surface area (Å²) in [6, 6.07) is 0. The molecular weight excluding hydrogens is 156 g/mol. The van der Waals surface area contributed by atoms with Gasteiger partial charge >= 0.3 is 0 Å². The fourth-order valence-corrected chi connectivity index (χ4v) is 2.06. The van der Waals surface area contributed by atoms with E-state index in [1.165, 1.54) is 51.4 Å². The maximum absolute atomic E-state index is 4.04. The molecule has 1 aliphatic rings. The van der Waals surface area contributed by atoms with E-state index >= 15 is 0 Å². The van der Waals surface area contributed by atoms with E-state index in [1.807, 2.05) is 0 Å². The molecule has 0 aromatic heterocycles. The van der Waals surface area contributed by atoms with Gasteiger partial charge in [-0.05, 0) is 31.6 Å². The summed E-state index contributed by atoms with van der Waals surface area (Å²) in [5.41, 5.74) is 0. The Kier molecular flexibility index (Phi) is 5.97. The van der Waals surface area contributed by atoms with Crippen molar-refractivity contribution in [2.45, 2.75) is 57.8 Å². The Morgan fingerprint density at radius 3 is 1.92 bits per heavy atom. The van der Waals surface area contributed by atoms with Gasteiger partial charge in [0.15, 0.2) is 0 Å². The van der Waals surface area contributed by atoms with Crippen molar-refractivity contribution < 1.29 is 0 Å². The lowest BCUT2D eigenvalue weighted by Gasteiger charge is -2.13. The lowest BCUT2D eigenvalue weighted by Crippen LogP contribution is -1.98. The molecule has 0 heterocycles. The molecule has 0 fully saturated rings. The van der Waals surface area contributed by atoms with E-state index in [0.717, 1.165) is 12.3 Å². The van der Waals surface area contributed by atoms with Crippen LogP contribution in [0.2, 0.25) is 0 Å². The second kappa shape index (κ2) is 7.17. The maximum Gasteiger partial charge on any atom is -0.0351 e. The van der Waals surface area contributed by atoms with E-state index in [0.29, 0.717) is 0 Å². The van der Waals surface area contributed by atoms with Crippen LogP contribution in [0.5, 0.6) is 0 Å². The summed E-state index contributed by atoms with van der Waals surface area (Å²) in [4.78, 5) is 0. The number of hydrogen-bond acceptors (Lipinski definition) is 0. The van der Waals surface area contributed by atoms with Crippen LogP contribution in [0.25, 0.3) is 0 Å². The molecule has 0 atom stereocenters. The molecular formula is C13H23. The summed E-state index contributed by atoms with van der Waals surface area (Å²) in [5.74, 6) is 0.915. The summed E-state index contributed by atoms with van der Waals surface area (Å²) < 4.78 is 0. The van der Waals surface area contributed by atoms with Crippen LogP contribution in [0.3, 0.4) is 0 Å². The number of allylic oxidation sites excluding steroid dienone is 2. The van der Waals surface area contributed by atoms with Crippen LogP contribution in [0.4, 0.5) is 0 Å². The second-order valence-corrected chi connectivity index (χ2v) is 4.20. The Hall–Kier alpha value is -0.260. The molecule has 0 nitrogen and oxygen atoms in total. The average Bonchev–Trinajstić information content (AvgIpc) is 2.22. The molecule has 0 aromatic carbocycles. The number of rotatable bonds is 1. The molecule has 0 aliphatic heterocycles. The minimum Gasteiger partial charge on any atom is -0.0885 e. The van der Waals surface area contributed by atoms with Crippen LogP contribution in [-0.2, 0) is 0 Å². The second-order valence-electron chi connectivity index (χ2n) is 4.20. The Morgan fingerprint density at radius 2 is 1.46 bits per heavy atom. The Labute approximate surface area is 83.4 Å². The van der Waals surface area contributed by atoms with Crippen molar-refractivity contribution in [1.82, 2.24) is 0 Å². The quantitative estimate of drug-likeness (QED) is 0.519. The van der Waals surface area contributed by atoms with Crippen LogP contribution in [0.15, 0.2) is 12.2 Å². The maximum atomic E-state index is 4.04. The Balaban J connectivity index is 2.25. The van der Waals surface area contributed by atoms with Gasteiger partial charge in [0, 0.05) is 0 Å². The highest BCUT2D eigenvalue weighted by molar-refractivity contribution is 4.82. The van der Waals surface area contributed by atoms with Gasteiger partial charge in [-0.2, -0.15) is 0 Å². The van der Waals surface area contributed by atoms with Gasteiger partial charge in [-0.3, -0.25) is 0 Å². The van der Waals surface area contributed by atoms with Crippen LogP contribution < -0.4 is 0 Å². The van der Waals surface area contributed by atoms with Crippen molar-refractivity contribution in [2.24, 2.45) is 5.92 Å². The molecule has 0 amide bonds. The van der Waals surface area contributed by atoms with Crippen LogP contribution in [-0.4, -0.2) is 0 Å². The molecule has 1 radical (unpaired) electrons. The van der Waals surface area contributed by atoms with E-state index in [4.69, 9.17) is 0 Å². The van der Waals surface area contributed by atoms with Gasteiger partial charge in [0.1, 0.15) is 0 Å². The molecule has 0 spiro atoms. The van der Waals surface area contributed by atoms with Gasteiger partial charge in [0.2, 0.25) is 0 Å².